The number of nitrogens with two attached hydrogens (primary N) is 1. The molecule has 0 bridgehead atoms. The van der Waals surface area contributed by atoms with E-state index >= 15 is 0 Å². The number of amides is 1. The van der Waals surface area contributed by atoms with E-state index in [9.17, 15) is 13.2 Å². The van der Waals surface area contributed by atoms with E-state index in [1.165, 1.54) is 19.1 Å². The van der Waals surface area contributed by atoms with Crippen LogP contribution in [0.5, 0.6) is 0 Å². The van der Waals surface area contributed by atoms with Crippen LogP contribution in [0.15, 0.2) is 23.1 Å². The highest BCUT2D eigenvalue weighted by molar-refractivity contribution is 7.90. The van der Waals surface area contributed by atoms with Crippen LogP contribution in [0.25, 0.3) is 0 Å². The van der Waals surface area contributed by atoms with E-state index in [4.69, 9.17) is 5.73 Å². The van der Waals surface area contributed by atoms with Crippen LogP contribution < -0.4 is 11.1 Å². The molecule has 6 heteroatoms. The Hall–Kier alpha value is -1.56. The van der Waals surface area contributed by atoms with Gasteiger partial charge in [-0.2, -0.15) is 0 Å². The fourth-order valence-electron chi connectivity index (χ4n) is 2.75. The number of nitrogens with one attached hydrogen (secondary N) is 1. The van der Waals surface area contributed by atoms with Gasteiger partial charge in [0.25, 0.3) is 0 Å². The Balaban J connectivity index is 2.28. The van der Waals surface area contributed by atoms with Gasteiger partial charge in [-0.25, -0.2) is 8.42 Å². The molecule has 1 saturated carbocycles. The van der Waals surface area contributed by atoms with Crippen molar-refractivity contribution < 1.29 is 13.2 Å². The normalized spacial score (nSPS) is 15.4. The highest BCUT2D eigenvalue weighted by Crippen LogP contribution is 2.33. The van der Waals surface area contributed by atoms with Gasteiger partial charge in [-0.05, 0) is 54.4 Å². The van der Waals surface area contributed by atoms with Crippen molar-refractivity contribution in [2.75, 3.05) is 18.1 Å². The first-order chi connectivity index (χ1) is 10.6. The topological polar surface area (TPSA) is 89.3 Å². The van der Waals surface area contributed by atoms with Gasteiger partial charge >= 0.3 is 0 Å². The van der Waals surface area contributed by atoms with Crippen LogP contribution in [0.2, 0.25) is 0 Å². The number of primary amides is 1. The minimum Gasteiger partial charge on any atom is -0.385 e. The quantitative estimate of drug-likeness (QED) is 0.761. The van der Waals surface area contributed by atoms with E-state index in [-0.39, 0.29) is 17.7 Å². The smallest absolute Gasteiger partial charge is 0.217 e. The van der Waals surface area contributed by atoms with Gasteiger partial charge in [0, 0.05) is 24.9 Å². The maximum atomic E-state index is 11.8. The Morgan fingerprint density at radius 2 is 2.00 bits per heavy atom. The number of hydrogen-bond acceptors (Lipinski definition) is 4. The summed E-state index contributed by atoms with van der Waals surface area (Å²) in [5.74, 6) is 0.373. The molecule has 0 heterocycles. The summed E-state index contributed by atoms with van der Waals surface area (Å²) in [6.07, 6.45) is 4.55. The number of sulfone groups is 1. The molecule has 0 saturated heterocycles. The molecule has 128 valence electrons. The van der Waals surface area contributed by atoms with E-state index in [1.54, 1.807) is 12.1 Å². The highest BCUT2D eigenvalue weighted by Gasteiger charge is 2.25. The van der Waals surface area contributed by atoms with E-state index < -0.39 is 9.84 Å². The fourth-order valence-corrected chi connectivity index (χ4v) is 3.42. The van der Waals surface area contributed by atoms with Crippen LogP contribution in [0, 0.1) is 11.3 Å². The van der Waals surface area contributed by atoms with Crippen LogP contribution in [0.1, 0.15) is 38.7 Å². The second-order valence-electron chi connectivity index (χ2n) is 7.40. The zero-order valence-electron chi connectivity index (χ0n) is 14.1. The summed E-state index contributed by atoms with van der Waals surface area (Å²) in [6.45, 7) is 4.84. The molecular weight excluding hydrogens is 312 g/mol. The molecule has 1 aliphatic rings. The van der Waals surface area contributed by atoms with Gasteiger partial charge in [0.05, 0.1) is 4.90 Å². The monoisotopic (exact) mass is 338 g/mol. The number of anilines is 1. The van der Waals surface area contributed by atoms with Crippen LogP contribution >= 0.6 is 0 Å². The molecule has 0 atom stereocenters. The molecule has 1 aromatic carbocycles. The second kappa shape index (κ2) is 6.51. The van der Waals surface area contributed by atoms with Crippen LogP contribution in [-0.4, -0.2) is 27.1 Å². The Bertz CT molecular complexity index is 692. The summed E-state index contributed by atoms with van der Waals surface area (Å²) in [6, 6.07) is 5.18. The Morgan fingerprint density at radius 1 is 1.35 bits per heavy atom. The van der Waals surface area contributed by atoms with Gasteiger partial charge in [-0.1, -0.05) is 13.8 Å². The van der Waals surface area contributed by atoms with Crippen molar-refractivity contribution in [1.82, 2.24) is 0 Å². The van der Waals surface area contributed by atoms with Crippen LogP contribution in [0.3, 0.4) is 0 Å². The van der Waals surface area contributed by atoms with E-state index in [0.29, 0.717) is 11.3 Å². The lowest BCUT2D eigenvalue weighted by Gasteiger charge is -2.25. The molecule has 2 rings (SSSR count). The molecule has 1 amide bonds. The largest absolute Gasteiger partial charge is 0.385 e. The lowest BCUT2D eigenvalue weighted by atomic mass is 9.82. The number of rotatable bonds is 8. The maximum absolute atomic E-state index is 11.8. The van der Waals surface area contributed by atoms with Gasteiger partial charge in [-0.15, -0.1) is 0 Å². The van der Waals surface area contributed by atoms with E-state index in [1.807, 2.05) is 19.9 Å². The predicted octanol–water partition coefficient (Wildman–Crippen LogP) is 2.36. The molecule has 23 heavy (non-hydrogen) atoms. The van der Waals surface area contributed by atoms with Gasteiger partial charge in [0.15, 0.2) is 9.84 Å². The molecule has 0 aliphatic heterocycles. The first-order valence-electron chi connectivity index (χ1n) is 7.92. The molecule has 0 spiro atoms. The van der Waals surface area contributed by atoms with Crippen molar-refractivity contribution in [3.63, 3.8) is 0 Å². The lowest BCUT2D eigenvalue weighted by Crippen LogP contribution is -2.25. The van der Waals surface area contributed by atoms with E-state index in [0.717, 1.165) is 23.7 Å². The predicted molar refractivity (Wildman–Crippen MR) is 92.1 cm³/mol. The van der Waals surface area contributed by atoms with E-state index in [2.05, 4.69) is 5.32 Å². The van der Waals surface area contributed by atoms with Crippen molar-refractivity contribution in [2.45, 2.75) is 44.4 Å². The zero-order chi connectivity index (χ0) is 17.3. The summed E-state index contributed by atoms with van der Waals surface area (Å²) in [4.78, 5) is 11.6. The second-order valence-corrected chi connectivity index (χ2v) is 9.42. The Labute approximate surface area is 138 Å². The molecular formula is C17H26N2O3S. The number of carbonyl (C=O) groups excluding carboxylic acids is 1. The van der Waals surface area contributed by atoms with Gasteiger partial charge in [-0.3, -0.25) is 4.79 Å². The van der Waals surface area contributed by atoms with Crippen molar-refractivity contribution in [2.24, 2.45) is 17.1 Å². The average molecular weight is 338 g/mol. The third-order valence-electron chi connectivity index (χ3n) is 4.10. The molecule has 0 aromatic heterocycles. The van der Waals surface area contributed by atoms with Crippen molar-refractivity contribution in [1.29, 1.82) is 0 Å². The summed E-state index contributed by atoms with van der Waals surface area (Å²) < 4.78 is 23.6. The molecule has 5 nitrogen and oxygen atoms in total. The van der Waals surface area contributed by atoms with Crippen LogP contribution in [-0.2, 0) is 21.1 Å². The average Bonchev–Trinajstić information content (AvgIpc) is 3.17. The third kappa shape index (κ3) is 5.53. The van der Waals surface area contributed by atoms with Gasteiger partial charge < -0.3 is 11.1 Å². The maximum Gasteiger partial charge on any atom is 0.217 e. The molecule has 1 aromatic rings. The van der Waals surface area contributed by atoms with Crippen LogP contribution in [0.4, 0.5) is 5.69 Å². The highest BCUT2D eigenvalue weighted by atomic mass is 32.2. The third-order valence-corrected chi connectivity index (χ3v) is 5.21. The molecule has 0 radical (unpaired) electrons. The minimum absolute atomic E-state index is 0.262. The van der Waals surface area contributed by atoms with Gasteiger partial charge in [0.1, 0.15) is 0 Å². The Kier molecular flexibility index (Phi) is 5.04. The molecule has 3 N–H and O–H groups in total. The van der Waals surface area contributed by atoms with Crippen molar-refractivity contribution >= 4 is 21.4 Å². The molecule has 0 unspecified atom stereocenters. The summed E-state index contributed by atoms with van der Waals surface area (Å²) in [7, 11) is -3.26. The lowest BCUT2D eigenvalue weighted by molar-refractivity contribution is -0.119. The summed E-state index contributed by atoms with van der Waals surface area (Å²) in [5, 5.41) is 3.42. The standard InChI is InChI=1S/C17H26N2O3S/c1-17(2,10-16(18)20)9-13-8-14(23(3,21)22)6-7-15(13)19-11-12-4-5-12/h6-8,12,19H,4-5,9-11H2,1-3H3,(H2,18,20). The SMILES string of the molecule is CC(C)(CC(N)=O)Cc1cc(S(C)(=O)=O)ccc1NCC1CC1. The number of carbonyl (C=O) groups is 1. The summed E-state index contributed by atoms with van der Waals surface area (Å²) in [5.41, 5.74) is 6.87. The first-order valence-corrected chi connectivity index (χ1v) is 9.81. The molecule has 1 fully saturated rings. The number of hydrogen-bond donors (Lipinski definition) is 2. The van der Waals surface area contributed by atoms with Crippen molar-refractivity contribution in [3.05, 3.63) is 23.8 Å². The number of benzene rings is 1. The van der Waals surface area contributed by atoms with Crippen molar-refractivity contribution in [3.8, 4) is 0 Å². The minimum atomic E-state index is -3.26. The molecule has 1 aliphatic carbocycles. The Morgan fingerprint density at radius 3 is 2.52 bits per heavy atom. The fraction of sp³-hybridized carbons (Fsp3) is 0.588. The van der Waals surface area contributed by atoms with Gasteiger partial charge in [0.2, 0.25) is 5.91 Å². The summed E-state index contributed by atoms with van der Waals surface area (Å²) >= 11 is 0. The zero-order valence-corrected chi connectivity index (χ0v) is 14.9. The first kappa shape index (κ1) is 17.8.